The number of rotatable bonds is 6. The Balaban J connectivity index is 1.50. The molecule has 1 fully saturated rings. The number of likely N-dealkylation sites (tertiary alicyclic amines) is 1. The van der Waals surface area contributed by atoms with E-state index in [1.54, 1.807) is 24.3 Å². The van der Waals surface area contributed by atoms with Crippen LogP contribution in [0.5, 0.6) is 17.2 Å². The summed E-state index contributed by atoms with van der Waals surface area (Å²) in [5.41, 5.74) is 4.09. The van der Waals surface area contributed by atoms with Crippen LogP contribution in [0.3, 0.4) is 0 Å². The van der Waals surface area contributed by atoms with E-state index in [-0.39, 0.29) is 11.2 Å². The number of benzene rings is 3. The molecule has 36 heavy (non-hydrogen) atoms. The van der Waals surface area contributed by atoms with Crippen LogP contribution in [0.1, 0.15) is 42.0 Å². The monoisotopic (exact) mass is 488 g/mol. The minimum atomic E-state index is -1.54. The Hall–Kier alpha value is -3.84. The third-order valence-electron chi connectivity index (χ3n) is 6.82. The van der Waals surface area contributed by atoms with Crippen molar-refractivity contribution in [3.05, 3.63) is 82.9 Å². The van der Waals surface area contributed by atoms with E-state index in [1.807, 2.05) is 26.0 Å². The number of ether oxygens (including phenoxy) is 1. The van der Waals surface area contributed by atoms with Gasteiger partial charge in [-0.15, -0.1) is 0 Å². The van der Waals surface area contributed by atoms with Crippen molar-refractivity contribution in [1.82, 2.24) is 4.90 Å². The van der Waals surface area contributed by atoms with Crippen LogP contribution in [-0.4, -0.2) is 40.1 Å². The molecule has 1 heterocycles. The lowest BCUT2D eigenvalue weighted by molar-refractivity contribution is -0.147. The van der Waals surface area contributed by atoms with Gasteiger partial charge >= 0.3 is 11.9 Å². The maximum atomic E-state index is 11.5. The first-order valence-corrected chi connectivity index (χ1v) is 12.1. The van der Waals surface area contributed by atoms with E-state index in [0.29, 0.717) is 23.7 Å². The van der Waals surface area contributed by atoms with Crippen molar-refractivity contribution in [1.29, 1.82) is 0 Å². The van der Waals surface area contributed by atoms with Gasteiger partial charge in [0.05, 0.1) is 0 Å². The average molecular weight is 489 g/mol. The zero-order valence-electron chi connectivity index (χ0n) is 20.9. The van der Waals surface area contributed by atoms with Gasteiger partial charge in [0.15, 0.2) is 0 Å². The Morgan fingerprint density at radius 2 is 1.75 bits per heavy atom. The van der Waals surface area contributed by atoms with Gasteiger partial charge in [0, 0.05) is 29.8 Å². The molecule has 7 nitrogen and oxygen atoms in total. The highest BCUT2D eigenvalue weighted by Gasteiger charge is 2.32. The van der Waals surface area contributed by atoms with E-state index in [4.69, 9.17) is 9.84 Å². The zero-order chi connectivity index (χ0) is 25.9. The van der Waals surface area contributed by atoms with Gasteiger partial charge in [-0.1, -0.05) is 37.3 Å². The quantitative estimate of drug-likeness (QED) is 0.403. The first-order valence-electron chi connectivity index (χ1n) is 12.1. The van der Waals surface area contributed by atoms with Crippen LogP contribution < -0.4 is 10.1 Å². The van der Waals surface area contributed by atoms with Gasteiger partial charge in [-0.3, -0.25) is 9.69 Å². The summed E-state index contributed by atoms with van der Waals surface area (Å²) < 4.78 is 6.18. The minimum Gasteiger partial charge on any atom is -0.508 e. The topological polar surface area (TPSA) is 99.1 Å². The average Bonchev–Trinajstić information content (AvgIpc) is 2.84. The van der Waals surface area contributed by atoms with Gasteiger partial charge in [-0.2, -0.15) is 0 Å². The number of aliphatic carboxylic acids is 1. The molecule has 1 saturated heterocycles. The second-order valence-corrected chi connectivity index (χ2v) is 9.83. The normalized spacial score (nSPS) is 18.0. The molecule has 0 radical (unpaired) electrons. The van der Waals surface area contributed by atoms with Gasteiger partial charge in [0.25, 0.3) is 0 Å². The SMILES string of the molecule is Cc1cc(NC(=O)C(=O)O)cc(C)c1Oc1ccc(O)c(CN2CCCC(C)(c3ccccc3)C2)c1. The molecule has 4 rings (SSSR count). The van der Waals surface area contributed by atoms with E-state index in [9.17, 15) is 14.7 Å². The molecule has 1 unspecified atom stereocenters. The molecular formula is C29H32N2O5. The number of anilines is 1. The molecular weight excluding hydrogens is 456 g/mol. The number of carboxylic acid groups (broad SMARTS) is 1. The Kier molecular flexibility index (Phi) is 7.31. The van der Waals surface area contributed by atoms with Crippen LogP contribution in [0.2, 0.25) is 0 Å². The molecule has 188 valence electrons. The first-order chi connectivity index (χ1) is 17.1. The van der Waals surface area contributed by atoms with Gasteiger partial charge in [-0.05, 0) is 80.3 Å². The van der Waals surface area contributed by atoms with Crippen LogP contribution in [0.15, 0.2) is 60.7 Å². The Labute approximate surface area is 211 Å². The molecule has 3 N–H and O–H groups in total. The number of carboxylic acids is 1. The number of carbonyl (C=O) groups excluding carboxylic acids is 1. The summed E-state index contributed by atoms with van der Waals surface area (Å²) >= 11 is 0. The van der Waals surface area contributed by atoms with E-state index < -0.39 is 11.9 Å². The molecule has 0 bridgehead atoms. The summed E-state index contributed by atoms with van der Waals surface area (Å²) in [6, 6.07) is 19.2. The predicted octanol–water partition coefficient (Wildman–Crippen LogP) is 5.38. The standard InChI is InChI=1S/C29H32N2O5/c1-19-14-23(30-27(33)28(34)35)15-20(2)26(19)36-24-10-11-25(32)21(16-24)17-31-13-7-12-29(3,18-31)22-8-5-4-6-9-22/h4-6,8-11,14-16,32H,7,12-13,17-18H2,1-3H3,(H,30,33)(H,34,35). The second kappa shape index (κ2) is 10.4. The van der Waals surface area contributed by atoms with E-state index in [1.165, 1.54) is 5.56 Å². The third-order valence-corrected chi connectivity index (χ3v) is 6.82. The van der Waals surface area contributed by atoms with Crippen molar-refractivity contribution in [3.8, 4) is 17.2 Å². The van der Waals surface area contributed by atoms with Crippen molar-refractivity contribution in [2.75, 3.05) is 18.4 Å². The first kappa shape index (κ1) is 25.3. The van der Waals surface area contributed by atoms with Crippen LogP contribution in [0.4, 0.5) is 5.69 Å². The number of aryl methyl sites for hydroxylation is 2. The zero-order valence-corrected chi connectivity index (χ0v) is 20.9. The summed E-state index contributed by atoms with van der Waals surface area (Å²) in [6.07, 6.45) is 2.22. The van der Waals surface area contributed by atoms with Gasteiger partial charge < -0.3 is 20.3 Å². The highest BCUT2D eigenvalue weighted by molar-refractivity contribution is 6.36. The van der Waals surface area contributed by atoms with Gasteiger partial charge in [-0.25, -0.2) is 4.79 Å². The lowest BCUT2D eigenvalue weighted by atomic mass is 9.76. The minimum absolute atomic E-state index is 0.0647. The molecule has 1 amide bonds. The number of hydrogen-bond donors (Lipinski definition) is 3. The summed E-state index contributed by atoms with van der Waals surface area (Å²) in [6.45, 7) is 8.46. The van der Waals surface area contributed by atoms with Crippen molar-refractivity contribution in [2.45, 2.75) is 45.6 Å². The number of piperidine rings is 1. The lowest BCUT2D eigenvalue weighted by Gasteiger charge is -2.41. The Morgan fingerprint density at radius 1 is 1.06 bits per heavy atom. The molecule has 1 aliphatic rings. The molecule has 0 saturated carbocycles. The summed E-state index contributed by atoms with van der Waals surface area (Å²) in [5.74, 6) is -1.19. The molecule has 1 aliphatic heterocycles. The molecule has 1 atom stereocenters. The van der Waals surface area contributed by atoms with E-state index in [0.717, 1.165) is 42.6 Å². The Bertz CT molecular complexity index is 1250. The molecule has 0 spiro atoms. The lowest BCUT2D eigenvalue weighted by Crippen LogP contribution is -2.43. The highest BCUT2D eigenvalue weighted by Crippen LogP contribution is 2.36. The van der Waals surface area contributed by atoms with Crippen LogP contribution in [0.25, 0.3) is 0 Å². The number of phenolic OH excluding ortho intramolecular Hbond substituents is 1. The fourth-order valence-electron chi connectivity index (χ4n) is 5.03. The van der Waals surface area contributed by atoms with Crippen LogP contribution >= 0.6 is 0 Å². The fourth-order valence-corrected chi connectivity index (χ4v) is 5.03. The maximum Gasteiger partial charge on any atom is 0.394 e. The number of carbonyl (C=O) groups is 2. The van der Waals surface area contributed by atoms with Crippen LogP contribution in [-0.2, 0) is 21.5 Å². The maximum absolute atomic E-state index is 11.5. The summed E-state index contributed by atoms with van der Waals surface area (Å²) in [4.78, 5) is 24.7. The molecule has 7 heteroatoms. The number of amides is 1. The van der Waals surface area contributed by atoms with Gasteiger partial charge in [0.1, 0.15) is 17.2 Å². The Morgan fingerprint density at radius 3 is 2.42 bits per heavy atom. The number of hydrogen-bond acceptors (Lipinski definition) is 5. The van der Waals surface area contributed by atoms with Crippen LogP contribution in [0, 0.1) is 13.8 Å². The number of phenols is 1. The molecule has 0 aromatic heterocycles. The molecule has 3 aromatic carbocycles. The summed E-state index contributed by atoms with van der Waals surface area (Å²) in [7, 11) is 0. The highest BCUT2D eigenvalue weighted by atomic mass is 16.5. The van der Waals surface area contributed by atoms with E-state index >= 15 is 0 Å². The van der Waals surface area contributed by atoms with Crippen molar-refractivity contribution < 1.29 is 24.5 Å². The van der Waals surface area contributed by atoms with E-state index in [2.05, 4.69) is 41.4 Å². The molecule has 3 aromatic rings. The van der Waals surface area contributed by atoms with Crippen molar-refractivity contribution in [2.24, 2.45) is 0 Å². The number of nitrogens with zero attached hydrogens (tertiary/aromatic N) is 1. The fraction of sp³-hybridized carbons (Fsp3) is 0.310. The number of aromatic hydroxyl groups is 1. The van der Waals surface area contributed by atoms with Gasteiger partial charge in [0.2, 0.25) is 0 Å². The van der Waals surface area contributed by atoms with Crippen molar-refractivity contribution >= 4 is 17.6 Å². The smallest absolute Gasteiger partial charge is 0.394 e. The largest absolute Gasteiger partial charge is 0.508 e. The second-order valence-electron chi connectivity index (χ2n) is 9.83. The summed E-state index contributed by atoms with van der Waals surface area (Å²) in [5, 5.41) is 21.8. The van der Waals surface area contributed by atoms with Crippen molar-refractivity contribution in [3.63, 3.8) is 0 Å². The third kappa shape index (κ3) is 5.69. The predicted molar refractivity (Wildman–Crippen MR) is 139 cm³/mol. The molecule has 0 aliphatic carbocycles. The number of nitrogens with one attached hydrogen (secondary N) is 1.